The van der Waals surface area contributed by atoms with Crippen LogP contribution in [0.15, 0.2) is 11.1 Å². The van der Waals surface area contributed by atoms with Crippen molar-refractivity contribution in [1.82, 2.24) is 0 Å². The van der Waals surface area contributed by atoms with Crippen LogP contribution in [0, 0.1) is 5.41 Å². The van der Waals surface area contributed by atoms with Crippen molar-refractivity contribution in [3.8, 4) is 0 Å². The van der Waals surface area contributed by atoms with Crippen molar-refractivity contribution >= 4 is 17.4 Å². The normalized spacial score (nSPS) is 30.9. The molecule has 0 aliphatic heterocycles. The fourth-order valence-electron chi connectivity index (χ4n) is 3.39. The van der Waals surface area contributed by atoms with E-state index in [2.05, 4.69) is 6.92 Å². The summed E-state index contributed by atoms with van der Waals surface area (Å²) < 4.78 is 0. The Morgan fingerprint density at radius 1 is 1.33 bits per heavy atom. The minimum Gasteiger partial charge on any atom is -0.295 e. The molecule has 0 aromatic heterocycles. The van der Waals surface area contributed by atoms with Gasteiger partial charge in [-0.3, -0.25) is 4.79 Å². The molecule has 0 saturated heterocycles. The van der Waals surface area contributed by atoms with Gasteiger partial charge in [-0.1, -0.05) is 12.5 Å². The lowest BCUT2D eigenvalue weighted by Gasteiger charge is -2.35. The number of hydrogen-bond acceptors (Lipinski definition) is 1. The molecule has 15 heavy (non-hydrogen) atoms. The molecule has 0 amide bonds. The number of ketones is 1. The zero-order valence-electron chi connectivity index (χ0n) is 9.44. The predicted octanol–water partition coefficient (Wildman–Crippen LogP) is 3.86. The second kappa shape index (κ2) is 4.29. The molecule has 1 atom stereocenters. The van der Waals surface area contributed by atoms with Gasteiger partial charge in [-0.15, -0.1) is 11.6 Å². The third-order valence-corrected chi connectivity index (χ3v) is 4.46. The monoisotopic (exact) mass is 226 g/mol. The summed E-state index contributed by atoms with van der Waals surface area (Å²) in [5.41, 5.74) is 2.95. The number of fused-ring (bicyclic) bond motifs is 1. The summed E-state index contributed by atoms with van der Waals surface area (Å²) in [5.74, 6) is 0.960. The van der Waals surface area contributed by atoms with Gasteiger partial charge >= 0.3 is 0 Å². The highest BCUT2D eigenvalue weighted by atomic mass is 35.5. The molecule has 1 fully saturated rings. The van der Waals surface area contributed by atoms with Crippen molar-refractivity contribution in [3.63, 3.8) is 0 Å². The zero-order valence-corrected chi connectivity index (χ0v) is 10.2. The van der Waals surface area contributed by atoms with Crippen molar-refractivity contribution in [1.29, 1.82) is 0 Å². The summed E-state index contributed by atoms with van der Waals surface area (Å²) in [7, 11) is 0. The minimum atomic E-state index is 0.372. The number of allylic oxidation sites excluding steroid dienone is 2. The summed E-state index contributed by atoms with van der Waals surface area (Å²) in [5, 5.41) is 0. The Kier molecular flexibility index (Phi) is 3.20. The van der Waals surface area contributed by atoms with Gasteiger partial charge in [0, 0.05) is 12.3 Å². The number of halogens is 1. The van der Waals surface area contributed by atoms with E-state index >= 15 is 0 Å². The Balaban J connectivity index is 2.39. The van der Waals surface area contributed by atoms with Crippen LogP contribution in [0.3, 0.4) is 0 Å². The molecule has 2 rings (SSSR count). The second-order valence-corrected chi connectivity index (χ2v) is 5.18. The first-order valence-electron chi connectivity index (χ1n) is 6.05. The lowest BCUT2D eigenvalue weighted by atomic mass is 9.69. The standard InChI is InChI=1S/C13H19ClO/c1-2-13-7-3-4-11(13)10(6-9-14)12(15)5-8-13/h2-9H2,1H3/t13-/m1/s1. The first-order valence-corrected chi connectivity index (χ1v) is 6.58. The van der Waals surface area contributed by atoms with Gasteiger partial charge in [-0.25, -0.2) is 0 Å². The number of carbonyl (C=O) groups is 1. The lowest BCUT2D eigenvalue weighted by Crippen LogP contribution is -2.27. The maximum Gasteiger partial charge on any atom is 0.158 e. The van der Waals surface area contributed by atoms with Crippen LogP contribution in [0.2, 0.25) is 0 Å². The molecular weight excluding hydrogens is 208 g/mol. The average molecular weight is 227 g/mol. The van der Waals surface area contributed by atoms with Gasteiger partial charge < -0.3 is 0 Å². The van der Waals surface area contributed by atoms with E-state index < -0.39 is 0 Å². The summed E-state index contributed by atoms with van der Waals surface area (Å²) >= 11 is 5.79. The van der Waals surface area contributed by atoms with E-state index in [-0.39, 0.29) is 0 Å². The third kappa shape index (κ3) is 1.75. The van der Waals surface area contributed by atoms with Gasteiger partial charge in [0.2, 0.25) is 0 Å². The molecule has 0 bridgehead atoms. The number of carbonyl (C=O) groups excluding carboxylic acids is 1. The van der Waals surface area contributed by atoms with Crippen LogP contribution in [0.1, 0.15) is 51.9 Å². The first-order chi connectivity index (χ1) is 7.23. The maximum absolute atomic E-state index is 11.9. The minimum absolute atomic E-state index is 0.372. The summed E-state index contributed by atoms with van der Waals surface area (Å²) in [6, 6.07) is 0. The summed E-state index contributed by atoms with van der Waals surface area (Å²) in [6.07, 6.45) is 7.53. The van der Waals surface area contributed by atoms with Crippen molar-refractivity contribution in [3.05, 3.63) is 11.1 Å². The van der Waals surface area contributed by atoms with Gasteiger partial charge in [0.05, 0.1) is 0 Å². The lowest BCUT2D eigenvalue weighted by molar-refractivity contribution is -0.117. The van der Waals surface area contributed by atoms with E-state index in [0.29, 0.717) is 17.1 Å². The van der Waals surface area contributed by atoms with Crippen molar-refractivity contribution in [2.24, 2.45) is 5.41 Å². The second-order valence-electron chi connectivity index (χ2n) is 4.81. The molecule has 2 heteroatoms. The van der Waals surface area contributed by atoms with Gasteiger partial charge in [0.1, 0.15) is 0 Å². The Hall–Kier alpha value is -0.300. The molecule has 0 heterocycles. The summed E-state index contributed by atoms with van der Waals surface area (Å²) in [6.45, 7) is 2.26. The topological polar surface area (TPSA) is 17.1 Å². The molecule has 0 spiro atoms. The third-order valence-electron chi connectivity index (χ3n) is 4.28. The van der Waals surface area contributed by atoms with Crippen molar-refractivity contribution in [2.45, 2.75) is 51.9 Å². The van der Waals surface area contributed by atoms with Crippen LogP contribution >= 0.6 is 11.6 Å². The van der Waals surface area contributed by atoms with Crippen LogP contribution in [0.4, 0.5) is 0 Å². The number of rotatable bonds is 3. The number of alkyl halides is 1. The molecule has 2 aliphatic rings. The van der Waals surface area contributed by atoms with Crippen LogP contribution in [-0.2, 0) is 4.79 Å². The molecule has 0 aromatic carbocycles. The summed E-state index contributed by atoms with van der Waals surface area (Å²) in [4.78, 5) is 11.9. The van der Waals surface area contributed by atoms with Crippen LogP contribution < -0.4 is 0 Å². The molecular formula is C13H19ClO. The van der Waals surface area contributed by atoms with Crippen molar-refractivity contribution < 1.29 is 4.79 Å². The fraction of sp³-hybridized carbons (Fsp3) is 0.769. The van der Waals surface area contributed by atoms with Crippen LogP contribution in [-0.4, -0.2) is 11.7 Å². The van der Waals surface area contributed by atoms with Gasteiger partial charge in [-0.05, 0) is 49.5 Å². The molecule has 0 aromatic rings. The maximum atomic E-state index is 11.9. The number of hydrogen-bond donors (Lipinski definition) is 0. The Bertz CT molecular complexity index is 306. The Morgan fingerprint density at radius 3 is 2.80 bits per heavy atom. The SMILES string of the molecule is CC[C@]12CCCC1=C(CCCl)C(=O)CC2. The fourth-order valence-corrected chi connectivity index (χ4v) is 3.58. The van der Waals surface area contributed by atoms with E-state index in [0.717, 1.165) is 31.3 Å². The van der Waals surface area contributed by atoms with E-state index in [4.69, 9.17) is 11.6 Å². The van der Waals surface area contributed by atoms with Crippen molar-refractivity contribution in [2.75, 3.05) is 5.88 Å². The first kappa shape index (κ1) is 11.2. The van der Waals surface area contributed by atoms with E-state index in [9.17, 15) is 4.79 Å². The van der Waals surface area contributed by atoms with Crippen LogP contribution in [0.5, 0.6) is 0 Å². The Morgan fingerprint density at radius 2 is 2.13 bits per heavy atom. The molecule has 0 unspecified atom stereocenters. The smallest absolute Gasteiger partial charge is 0.158 e. The predicted molar refractivity (Wildman–Crippen MR) is 63.2 cm³/mol. The van der Waals surface area contributed by atoms with Gasteiger partial charge in [0.15, 0.2) is 5.78 Å². The molecule has 2 aliphatic carbocycles. The van der Waals surface area contributed by atoms with E-state index in [1.54, 1.807) is 0 Å². The highest BCUT2D eigenvalue weighted by Gasteiger charge is 2.42. The molecule has 1 nitrogen and oxygen atoms in total. The molecule has 0 N–H and O–H groups in total. The van der Waals surface area contributed by atoms with Crippen LogP contribution in [0.25, 0.3) is 0 Å². The van der Waals surface area contributed by atoms with E-state index in [1.807, 2.05) is 0 Å². The molecule has 0 radical (unpaired) electrons. The molecule has 84 valence electrons. The van der Waals surface area contributed by atoms with Gasteiger partial charge in [0.25, 0.3) is 0 Å². The largest absolute Gasteiger partial charge is 0.295 e. The highest BCUT2D eigenvalue weighted by Crippen LogP contribution is 2.53. The zero-order chi connectivity index (χ0) is 10.9. The van der Waals surface area contributed by atoms with E-state index in [1.165, 1.54) is 24.8 Å². The average Bonchev–Trinajstić information content (AvgIpc) is 2.67. The Labute approximate surface area is 96.9 Å². The highest BCUT2D eigenvalue weighted by molar-refractivity contribution is 6.18. The quantitative estimate of drug-likeness (QED) is 0.668. The molecule has 1 saturated carbocycles. The number of Topliss-reactive ketones (excluding diaryl/α,β-unsaturated/α-hetero) is 1. The van der Waals surface area contributed by atoms with Gasteiger partial charge in [-0.2, -0.15) is 0 Å².